The van der Waals surface area contributed by atoms with E-state index in [1.807, 2.05) is 0 Å². The van der Waals surface area contributed by atoms with Crippen molar-refractivity contribution in [3.8, 4) is 0 Å². The maximum atomic E-state index is 10.9. The van der Waals surface area contributed by atoms with Crippen molar-refractivity contribution in [2.75, 3.05) is 0 Å². The van der Waals surface area contributed by atoms with Crippen molar-refractivity contribution in [2.24, 2.45) is 0 Å². The lowest BCUT2D eigenvalue weighted by Gasteiger charge is -2.03. The van der Waals surface area contributed by atoms with Gasteiger partial charge in [0, 0.05) is 21.7 Å². The minimum Gasteiger partial charge on any atom is -0.477 e. The molecule has 0 amide bonds. The second-order valence-corrected chi connectivity index (χ2v) is 4.91. The lowest BCUT2D eigenvalue weighted by atomic mass is 10.4. The van der Waals surface area contributed by atoms with Crippen molar-refractivity contribution in [3.05, 3.63) is 43.2 Å². The zero-order chi connectivity index (χ0) is 11.7. The number of rotatable bonds is 3. The number of carboxylic acid groups (broad SMARTS) is 1. The van der Waals surface area contributed by atoms with Crippen molar-refractivity contribution in [1.82, 2.24) is 9.55 Å². The van der Waals surface area contributed by atoms with Gasteiger partial charge in [-0.15, -0.1) is 0 Å². The van der Waals surface area contributed by atoms with Crippen molar-refractivity contribution in [3.63, 3.8) is 0 Å². The van der Waals surface area contributed by atoms with Gasteiger partial charge in [-0.3, -0.25) is 4.79 Å². The Morgan fingerprint density at radius 1 is 1.62 bits per heavy atom. The molecule has 84 valence electrons. The zero-order valence-electron chi connectivity index (χ0n) is 7.94. The molecule has 0 aliphatic carbocycles. The number of H-pyrrole nitrogens is 1. The number of hydrogen-bond donors (Lipinski definition) is 2. The molecule has 2 heterocycles. The first-order valence-corrected chi connectivity index (χ1v) is 5.99. The van der Waals surface area contributed by atoms with E-state index in [4.69, 9.17) is 5.11 Å². The summed E-state index contributed by atoms with van der Waals surface area (Å²) in [4.78, 5) is 24.3. The summed E-state index contributed by atoms with van der Waals surface area (Å²) < 4.78 is 2.26. The van der Waals surface area contributed by atoms with Gasteiger partial charge in [0.05, 0.1) is 6.54 Å². The molecule has 16 heavy (non-hydrogen) atoms. The second kappa shape index (κ2) is 4.26. The first kappa shape index (κ1) is 11.2. The Hall–Kier alpha value is -1.34. The SMILES string of the molecule is O=C(O)c1cc(Br)cn1Cc1csc(=O)[nH]1. The van der Waals surface area contributed by atoms with Gasteiger partial charge >= 0.3 is 10.8 Å². The molecule has 0 spiro atoms. The quantitative estimate of drug-likeness (QED) is 0.907. The molecule has 0 fully saturated rings. The molecule has 0 atom stereocenters. The number of aromatic carboxylic acids is 1. The summed E-state index contributed by atoms with van der Waals surface area (Å²) in [5.41, 5.74) is 0.875. The second-order valence-electron chi connectivity index (χ2n) is 3.15. The van der Waals surface area contributed by atoms with E-state index in [2.05, 4.69) is 20.9 Å². The van der Waals surface area contributed by atoms with E-state index in [9.17, 15) is 9.59 Å². The number of carbonyl (C=O) groups is 1. The van der Waals surface area contributed by atoms with Gasteiger partial charge in [-0.05, 0) is 22.0 Å². The third-order valence-electron chi connectivity index (χ3n) is 1.99. The van der Waals surface area contributed by atoms with Gasteiger partial charge in [0.2, 0.25) is 0 Å². The average molecular weight is 303 g/mol. The van der Waals surface area contributed by atoms with Crippen LogP contribution in [0.3, 0.4) is 0 Å². The summed E-state index contributed by atoms with van der Waals surface area (Å²) in [7, 11) is 0. The highest BCUT2D eigenvalue weighted by atomic mass is 79.9. The van der Waals surface area contributed by atoms with E-state index < -0.39 is 5.97 Å². The van der Waals surface area contributed by atoms with Crippen LogP contribution in [0.4, 0.5) is 0 Å². The third kappa shape index (κ3) is 2.25. The number of aromatic amines is 1. The fraction of sp³-hybridized carbons (Fsp3) is 0.111. The molecule has 0 aliphatic rings. The fourth-order valence-corrected chi connectivity index (χ4v) is 2.40. The largest absolute Gasteiger partial charge is 0.477 e. The molecule has 7 heteroatoms. The van der Waals surface area contributed by atoms with Crippen LogP contribution in [0.5, 0.6) is 0 Å². The lowest BCUT2D eigenvalue weighted by Crippen LogP contribution is -2.09. The summed E-state index contributed by atoms with van der Waals surface area (Å²) in [5.74, 6) is -0.997. The topological polar surface area (TPSA) is 75.1 Å². The molecule has 5 nitrogen and oxygen atoms in total. The van der Waals surface area contributed by atoms with Crippen LogP contribution in [0, 0.1) is 0 Å². The highest BCUT2D eigenvalue weighted by molar-refractivity contribution is 9.10. The Kier molecular flexibility index (Phi) is 2.97. The predicted octanol–water partition coefficient (Wildman–Crippen LogP) is 1.75. The van der Waals surface area contributed by atoms with Crippen LogP contribution in [0.25, 0.3) is 0 Å². The molecule has 0 aromatic carbocycles. The molecule has 2 N–H and O–H groups in total. The minimum atomic E-state index is -0.997. The maximum Gasteiger partial charge on any atom is 0.352 e. The Bertz CT molecular complexity index is 584. The minimum absolute atomic E-state index is 0.141. The van der Waals surface area contributed by atoms with Crippen molar-refractivity contribution in [1.29, 1.82) is 0 Å². The Morgan fingerprint density at radius 3 is 2.94 bits per heavy atom. The smallest absolute Gasteiger partial charge is 0.352 e. The summed E-state index contributed by atoms with van der Waals surface area (Å²) in [6.07, 6.45) is 1.67. The highest BCUT2D eigenvalue weighted by Gasteiger charge is 2.12. The summed E-state index contributed by atoms with van der Waals surface area (Å²) >= 11 is 4.28. The van der Waals surface area contributed by atoms with Gasteiger partial charge in [0.25, 0.3) is 0 Å². The number of nitrogens with one attached hydrogen (secondary N) is 1. The van der Waals surface area contributed by atoms with Crippen molar-refractivity contribution < 1.29 is 9.90 Å². The number of hydrogen-bond acceptors (Lipinski definition) is 3. The molecule has 0 unspecified atom stereocenters. The van der Waals surface area contributed by atoms with Crippen LogP contribution >= 0.6 is 27.3 Å². The van der Waals surface area contributed by atoms with Crippen molar-refractivity contribution in [2.45, 2.75) is 6.54 Å². The van der Waals surface area contributed by atoms with Crippen LogP contribution in [0.2, 0.25) is 0 Å². The standard InChI is InChI=1S/C9H7BrN2O3S/c10-5-1-7(8(13)14)12(2-5)3-6-4-16-9(15)11-6/h1-2,4H,3H2,(H,11,15)(H,13,14). The van der Waals surface area contributed by atoms with Crippen LogP contribution in [0.1, 0.15) is 16.2 Å². The normalized spacial score (nSPS) is 10.6. The molecular formula is C9H7BrN2O3S. The molecule has 2 rings (SSSR count). The molecule has 0 radical (unpaired) electrons. The molecule has 2 aromatic heterocycles. The molecule has 0 saturated carbocycles. The van der Waals surface area contributed by atoms with E-state index in [1.54, 1.807) is 16.1 Å². The molecule has 0 saturated heterocycles. The van der Waals surface area contributed by atoms with Gasteiger partial charge < -0.3 is 14.7 Å². The number of carboxylic acids is 1. The first-order valence-electron chi connectivity index (χ1n) is 4.32. The number of halogens is 1. The van der Waals surface area contributed by atoms with E-state index in [1.165, 1.54) is 6.07 Å². The van der Waals surface area contributed by atoms with Gasteiger partial charge in [-0.1, -0.05) is 11.3 Å². The van der Waals surface area contributed by atoms with Crippen molar-refractivity contribution >= 4 is 33.2 Å². The summed E-state index contributed by atoms with van der Waals surface area (Å²) in [6, 6.07) is 1.52. The van der Waals surface area contributed by atoms with Crippen LogP contribution in [-0.2, 0) is 6.54 Å². The molecular weight excluding hydrogens is 296 g/mol. The number of thiazole rings is 1. The third-order valence-corrected chi connectivity index (χ3v) is 3.15. The van der Waals surface area contributed by atoms with Gasteiger partial charge in [-0.2, -0.15) is 0 Å². The summed E-state index contributed by atoms with van der Waals surface area (Å²) in [5, 5.41) is 10.6. The number of nitrogens with zero attached hydrogens (tertiary/aromatic N) is 1. The zero-order valence-corrected chi connectivity index (χ0v) is 10.3. The Morgan fingerprint density at radius 2 is 2.38 bits per heavy atom. The van der Waals surface area contributed by atoms with Crippen LogP contribution in [-0.4, -0.2) is 20.6 Å². The highest BCUT2D eigenvalue weighted by Crippen LogP contribution is 2.16. The van der Waals surface area contributed by atoms with E-state index in [0.29, 0.717) is 16.7 Å². The summed E-state index contributed by atoms with van der Waals surface area (Å²) in [6.45, 7) is 0.339. The van der Waals surface area contributed by atoms with E-state index in [0.717, 1.165) is 11.3 Å². The molecule has 2 aromatic rings. The van der Waals surface area contributed by atoms with Gasteiger partial charge in [0.1, 0.15) is 5.69 Å². The van der Waals surface area contributed by atoms with E-state index >= 15 is 0 Å². The fourth-order valence-electron chi connectivity index (χ4n) is 1.36. The lowest BCUT2D eigenvalue weighted by molar-refractivity contribution is 0.0685. The average Bonchev–Trinajstić information content (AvgIpc) is 2.74. The predicted molar refractivity (Wildman–Crippen MR) is 63.1 cm³/mol. The van der Waals surface area contributed by atoms with E-state index in [-0.39, 0.29) is 10.6 Å². The first-order chi connectivity index (χ1) is 7.56. The monoisotopic (exact) mass is 302 g/mol. The van der Waals surface area contributed by atoms with Gasteiger partial charge in [0.15, 0.2) is 0 Å². The van der Waals surface area contributed by atoms with Crippen LogP contribution < -0.4 is 4.87 Å². The van der Waals surface area contributed by atoms with Gasteiger partial charge in [-0.25, -0.2) is 4.79 Å². The molecule has 0 aliphatic heterocycles. The Labute approximate surface area is 102 Å². The molecule has 0 bridgehead atoms. The van der Waals surface area contributed by atoms with Crippen LogP contribution in [0.15, 0.2) is 26.9 Å². The Balaban J connectivity index is 2.34. The maximum absolute atomic E-state index is 10.9. The number of aromatic nitrogens is 2.